The number of benzene rings is 2. The molecule has 0 bridgehead atoms. The van der Waals surface area contributed by atoms with Gasteiger partial charge in [-0.3, -0.25) is 9.36 Å². The van der Waals surface area contributed by atoms with Gasteiger partial charge >= 0.3 is 12.5 Å². The van der Waals surface area contributed by atoms with Crippen LogP contribution in [-0.2, 0) is 19.6 Å². The third kappa shape index (κ3) is 4.51. The molecule has 34 heavy (non-hydrogen) atoms. The molecule has 182 valence electrons. The highest BCUT2D eigenvalue weighted by molar-refractivity contribution is 7.89. The van der Waals surface area contributed by atoms with E-state index < -0.39 is 46.2 Å². The first-order valence-electron chi connectivity index (χ1n) is 10.5. The predicted octanol–water partition coefficient (Wildman–Crippen LogP) is 4.41. The Labute approximate surface area is 193 Å². The lowest BCUT2D eigenvalue weighted by molar-refractivity contribution is -0.155. The first-order valence-corrected chi connectivity index (χ1v) is 11.9. The number of carbonyl (C=O) groups is 1. The van der Waals surface area contributed by atoms with Gasteiger partial charge in [-0.25, -0.2) is 22.2 Å². The van der Waals surface area contributed by atoms with Crippen molar-refractivity contribution in [3.63, 3.8) is 0 Å². The number of hydrogen-bond acceptors (Lipinski definition) is 5. The Hall–Kier alpha value is -2.99. The van der Waals surface area contributed by atoms with Crippen molar-refractivity contribution in [1.29, 1.82) is 0 Å². The zero-order chi connectivity index (χ0) is 24.6. The molecular formula is C22H21F4N3O4S. The Morgan fingerprint density at radius 1 is 1.09 bits per heavy atom. The highest BCUT2D eigenvalue weighted by atomic mass is 32.2. The lowest BCUT2D eigenvalue weighted by Crippen LogP contribution is -2.40. The molecule has 0 N–H and O–H groups in total. The van der Waals surface area contributed by atoms with E-state index in [1.165, 1.54) is 13.0 Å². The molecule has 0 spiro atoms. The van der Waals surface area contributed by atoms with Crippen LogP contribution in [0.2, 0.25) is 0 Å². The van der Waals surface area contributed by atoms with Crippen LogP contribution in [0.25, 0.3) is 11.0 Å². The van der Waals surface area contributed by atoms with Crippen LogP contribution in [0.15, 0.2) is 47.4 Å². The molecule has 1 aromatic heterocycles. The number of esters is 1. The molecular weight excluding hydrogens is 478 g/mol. The van der Waals surface area contributed by atoms with Crippen LogP contribution < -0.4 is 0 Å². The summed E-state index contributed by atoms with van der Waals surface area (Å²) in [6.45, 7) is -1.51. The van der Waals surface area contributed by atoms with E-state index in [1.54, 1.807) is 18.2 Å². The number of hydrogen-bond donors (Lipinski definition) is 0. The first kappa shape index (κ1) is 24.1. The lowest BCUT2D eigenvalue weighted by Gasteiger charge is -2.30. The Kier molecular flexibility index (Phi) is 6.63. The smallest absolute Gasteiger partial charge is 0.320 e. The maximum absolute atomic E-state index is 13.7. The molecule has 2 heterocycles. The fourth-order valence-electron chi connectivity index (χ4n) is 4.00. The summed E-state index contributed by atoms with van der Waals surface area (Å²) in [5.74, 6) is -3.82. The predicted molar refractivity (Wildman–Crippen MR) is 113 cm³/mol. The number of piperidine rings is 1. The van der Waals surface area contributed by atoms with Crippen molar-refractivity contribution in [3.05, 3.63) is 59.9 Å². The second kappa shape index (κ2) is 9.34. The number of carbonyl (C=O) groups excluding carboxylic acids is 1. The average molecular weight is 499 g/mol. The normalized spacial score (nSPS) is 16.8. The van der Waals surface area contributed by atoms with Crippen LogP contribution in [-0.4, -0.2) is 41.3 Å². The molecule has 1 fully saturated rings. The summed E-state index contributed by atoms with van der Waals surface area (Å²) in [5.41, 5.74) is 0.558. The molecule has 7 nitrogen and oxygen atoms in total. The highest BCUT2D eigenvalue weighted by Gasteiger charge is 2.34. The number of rotatable bonds is 6. The Morgan fingerprint density at radius 3 is 2.41 bits per heavy atom. The van der Waals surface area contributed by atoms with Crippen molar-refractivity contribution in [2.24, 2.45) is 5.92 Å². The maximum Gasteiger partial charge on any atom is 0.320 e. The zero-order valence-electron chi connectivity index (χ0n) is 18.0. The van der Waals surface area contributed by atoms with Gasteiger partial charge in [-0.2, -0.15) is 13.1 Å². The van der Waals surface area contributed by atoms with E-state index in [2.05, 4.69) is 4.98 Å². The molecule has 0 radical (unpaired) electrons. The van der Waals surface area contributed by atoms with E-state index in [0.717, 1.165) is 16.4 Å². The third-order valence-corrected chi connectivity index (χ3v) is 7.69. The van der Waals surface area contributed by atoms with E-state index in [0.29, 0.717) is 16.2 Å². The van der Waals surface area contributed by atoms with Gasteiger partial charge in [-0.05, 0) is 50.1 Å². The second-order valence-electron chi connectivity index (χ2n) is 7.94. The number of ether oxygens (including phenoxy) is 1. The number of aromatic nitrogens is 2. The van der Waals surface area contributed by atoms with E-state index in [9.17, 15) is 30.8 Å². The van der Waals surface area contributed by atoms with Gasteiger partial charge in [0.2, 0.25) is 10.0 Å². The van der Waals surface area contributed by atoms with Crippen LogP contribution in [0.3, 0.4) is 0 Å². The molecule has 1 aliphatic heterocycles. The Morgan fingerprint density at radius 2 is 1.76 bits per heavy atom. The number of imidazole rings is 1. The molecule has 1 atom stereocenters. The number of alkyl halides is 2. The monoisotopic (exact) mass is 499 g/mol. The average Bonchev–Trinajstić information content (AvgIpc) is 3.21. The van der Waals surface area contributed by atoms with Gasteiger partial charge in [-0.15, -0.1) is 0 Å². The highest BCUT2D eigenvalue weighted by Crippen LogP contribution is 2.30. The molecule has 4 rings (SSSR count). The number of fused-ring (bicyclic) bond motifs is 1. The van der Waals surface area contributed by atoms with Gasteiger partial charge in [-0.1, -0.05) is 12.1 Å². The van der Waals surface area contributed by atoms with Crippen molar-refractivity contribution in [2.75, 3.05) is 13.1 Å². The maximum atomic E-state index is 13.7. The van der Waals surface area contributed by atoms with Gasteiger partial charge in [0.05, 0.1) is 21.8 Å². The molecule has 0 aliphatic carbocycles. The SMILES string of the molecule is CC(OC(=O)C1CCN(S(=O)(=O)c2ccc(F)c(F)c2)CC1)c1nc2ccccc2n1C(F)F. The van der Waals surface area contributed by atoms with Gasteiger partial charge in [0, 0.05) is 13.1 Å². The van der Waals surface area contributed by atoms with Crippen molar-refractivity contribution < 1.29 is 35.5 Å². The minimum Gasteiger partial charge on any atom is -0.454 e. The zero-order valence-corrected chi connectivity index (χ0v) is 18.8. The standard InChI is InChI=1S/C22H21F4N3O4S/c1-13(20-27-18-4-2-3-5-19(18)29(20)22(25)26)33-21(30)14-8-10-28(11-9-14)34(31,32)15-6-7-16(23)17(24)12-15/h2-7,12-14,22H,8-11H2,1H3. The van der Waals surface area contributed by atoms with Crippen LogP contribution in [0, 0.1) is 17.6 Å². The van der Waals surface area contributed by atoms with Crippen molar-refractivity contribution >= 4 is 27.0 Å². The third-order valence-electron chi connectivity index (χ3n) is 5.79. The number of nitrogens with zero attached hydrogens (tertiary/aromatic N) is 3. The quantitative estimate of drug-likeness (QED) is 0.371. The molecule has 1 aliphatic rings. The Balaban J connectivity index is 1.43. The summed E-state index contributed by atoms with van der Waals surface area (Å²) < 4.78 is 86.6. The van der Waals surface area contributed by atoms with E-state index in [-0.39, 0.29) is 42.2 Å². The van der Waals surface area contributed by atoms with Crippen molar-refractivity contribution in [2.45, 2.75) is 37.3 Å². The number of sulfonamides is 1. The summed E-state index contributed by atoms with van der Waals surface area (Å²) in [5, 5.41) is 0. The summed E-state index contributed by atoms with van der Waals surface area (Å²) in [6.07, 6.45) is -0.808. The van der Waals surface area contributed by atoms with E-state index in [4.69, 9.17) is 4.74 Å². The largest absolute Gasteiger partial charge is 0.454 e. The van der Waals surface area contributed by atoms with Crippen LogP contribution >= 0.6 is 0 Å². The summed E-state index contributed by atoms with van der Waals surface area (Å²) in [6, 6.07) is 8.66. The van der Waals surface area contributed by atoms with E-state index >= 15 is 0 Å². The molecule has 3 aromatic rings. The fraction of sp³-hybridized carbons (Fsp3) is 0.364. The molecule has 12 heteroatoms. The minimum atomic E-state index is -4.07. The fourth-order valence-corrected chi connectivity index (χ4v) is 5.48. The van der Waals surface area contributed by atoms with Crippen molar-refractivity contribution in [1.82, 2.24) is 13.9 Å². The lowest BCUT2D eigenvalue weighted by atomic mass is 9.98. The number of halogens is 4. The van der Waals surface area contributed by atoms with E-state index in [1.807, 2.05) is 0 Å². The summed E-state index contributed by atoms with van der Waals surface area (Å²) in [7, 11) is -4.07. The van der Waals surface area contributed by atoms with Crippen LogP contribution in [0.5, 0.6) is 0 Å². The van der Waals surface area contributed by atoms with Gasteiger partial charge in [0.1, 0.15) is 0 Å². The topological polar surface area (TPSA) is 81.5 Å². The Bertz CT molecular complexity index is 1320. The van der Waals surface area contributed by atoms with Crippen molar-refractivity contribution in [3.8, 4) is 0 Å². The summed E-state index contributed by atoms with van der Waals surface area (Å²) in [4.78, 5) is 16.5. The molecule has 0 amide bonds. The van der Waals surface area contributed by atoms with Crippen LogP contribution in [0.4, 0.5) is 17.6 Å². The van der Waals surface area contributed by atoms with Gasteiger partial charge in [0.15, 0.2) is 23.6 Å². The molecule has 1 saturated heterocycles. The molecule has 2 aromatic carbocycles. The first-order chi connectivity index (χ1) is 16.1. The summed E-state index contributed by atoms with van der Waals surface area (Å²) >= 11 is 0. The second-order valence-corrected chi connectivity index (χ2v) is 9.88. The van der Waals surface area contributed by atoms with Gasteiger partial charge in [0.25, 0.3) is 0 Å². The van der Waals surface area contributed by atoms with Crippen LogP contribution in [0.1, 0.15) is 38.2 Å². The molecule has 0 saturated carbocycles. The number of para-hydroxylation sites is 2. The van der Waals surface area contributed by atoms with Gasteiger partial charge < -0.3 is 4.74 Å². The minimum absolute atomic E-state index is 0.0367. The molecule has 1 unspecified atom stereocenters.